The molecular weight excluding hydrogens is 186 g/mol. The van der Waals surface area contributed by atoms with Crippen LogP contribution in [0.15, 0.2) is 0 Å². The Balaban J connectivity index is 0. The first-order chi connectivity index (χ1) is 0. The standard InChI is InChI=1S/Al.2ClH.Sr.5H/h;2*1H;;;;;;. The monoisotopic (exact) mass is 192 g/mol. The van der Waals surface area contributed by atoms with E-state index in [1.165, 1.54) is 0 Å². The molecule has 0 aliphatic heterocycles. The molecule has 0 bridgehead atoms. The first kappa shape index (κ1) is 30.7. The van der Waals surface area contributed by atoms with Gasteiger partial charge >= 0.3 is 45.5 Å². The fourth-order valence-corrected chi connectivity index (χ4v) is 0. The van der Waals surface area contributed by atoms with Crippen molar-refractivity contribution in [3.05, 3.63) is 0 Å². The Morgan fingerprint density at radius 2 is 0.750 bits per heavy atom. The molecule has 0 nitrogen and oxygen atoms in total. The van der Waals surface area contributed by atoms with Crippen LogP contribution in [0.2, 0.25) is 0 Å². The van der Waals surface area contributed by atoms with Crippen LogP contribution in [-0.4, -0.2) is 62.8 Å². The summed E-state index contributed by atoms with van der Waals surface area (Å²) in [4.78, 5) is 0. The average Bonchev–Trinajstić information content (AvgIpc) is 0. The van der Waals surface area contributed by atoms with Crippen molar-refractivity contribution in [2.24, 2.45) is 0 Å². The van der Waals surface area contributed by atoms with Crippen LogP contribution < -0.4 is 0 Å². The molecule has 0 amide bonds. The van der Waals surface area contributed by atoms with E-state index in [0.29, 0.717) is 0 Å². The van der Waals surface area contributed by atoms with Crippen molar-refractivity contribution in [3.63, 3.8) is 0 Å². The van der Waals surface area contributed by atoms with Gasteiger partial charge in [-0.2, -0.15) is 0 Å². The Hall–Kier alpha value is 2.59. The summed E-state index contributed by atoms with van der Waals surface area (Å²) in [7, 11) is 0. The molecule has 0 rings (SSSR count). The van der Waals surface area contributed by atoms with E-state index in [1.54, 1.807) is 0 Å². The van der Waals surface area contributed by atoms with E-state index in [9.17, 15) is 0 Å². The Morgan fingerprint density at radius 3 is 0.750 bits per heavy atom. The fraction of sp³-hybridized carbons (Fsp3) is 0. The fourth-order valence-electron chi connectivity index (χ4n) is 0. The van der Waals surface area contributed by atoms with Crippen LogP contribution >= 0.6 is 24.8 Å². The molecule has 4 heavy (non-hydrogen) atoms. The van der Waals surface area contributed by atoms with Crippen LogP contribution in [0.25, 0.3) is 0 Å². The van der Waals surface area contributed by atoms with Gasteiger partial charge in [-0.05, 0) is 0 Å². The number of hydrogen-bond donors (Lipinski definition) is 0. The molecule has 4 heteroatoms. The second kappa shape index (κ2) is 17.5. The minimum absolute atomic E-state index is 0. The molecule has 0 heterocycles. The Labute approximate surface area is 85.9 Å². The van der Waals surface area contributed by atoms with Crippen LogP contribution in [0.1, 0.15) is 0 Å². The van der Waals surface area contributed by atoms with E-state index in [1.807, 2.05) is 0 Å². The van der Waals surface area contributed by atoms with Gasteiger partial charge in [-0.1, -0.05) is 0 Å². The van der Waals surface area contributed by atoms with Gasteiger partial charge in [-0.15, -0.1) is 24.8 Å². The predicted molar refractivity (Wildman–Crippen MR) is 33.0 cm³/mol. The van der Waals surface area contributed by atoms with Crippen molar-refractivity contribution < 1.29 is 0 Å². The minimum atomic E-state index is 0. The van der Waals surface area contributed by atoms with Gasteiger partial charge < -0.3 is 0 Å². The van der Waals surface area contributed by atoms with Crippen LogP contribution in [0.5, 0.6) is 0 Å². The molecule has 0 aromatic rings. The normalized spacial score (nSPS) is 0. The molecule has 0 aliphatic carbocycles. The second-order valence-electron chi connectivity index (χ2n) is 0. The number of rotatable bonds is 0. The molecular formula is H7AlCl2Sr. The summed E-state index contributed by atoms with van der Waals surface area (Å²) >= 11 is 0. The third-order valence-electron chi connectivity index (χ3n) is 0. The third kappa shape index (κ3) is 8.82. The zero-order chi connectivity index (χ0) is 0. The van der Waals surface area contributed by atoms with Crippen LogP contribution in [0.4, 0.5) is 0 Å². The average molecular weight is 193 g/mol. The predicted octanol–water partition coefficient (Wildman–Crippen LogP) is -1.26. The molecule has 0 fully saturated rings. The van der Waals surface area contributed by atoms with Crippen molar-refractivity contribution in [2.45, 2.75) is 0 Å². The molecule has 0 saturated carbocycles. The second-order valence-corrected chi connectivity index (χ2v) is 0. The quantitative estimate of drug-likeness (QED) is 0.421. The summed E-state index contributed by atoms with van der Waals surface area (Å²) < 4.78 is 0. The summed E-state index contributed by atoms with van der Waals surface area (Å²) in [6.45, 7) is 0. The summed E-state index contributed by atoms with van der Waals surface area (Å²) in [6, 6.07) is 0. The van der Waals surface area contributed by atoms with Gasteiger partial charge in [0.15, 0.2) is 17.4 Å². The summed E-state index contributed by atoms with van der Waals surface area (Å²) in [6.07, 6.45) is 0. The first-order valence-corrected chi connectivity index (χ1v) is 0. The van der Waals surface area contributed by atoms with Gasteiger partial charge in [0.2, 0.25) is 0 Å². The van der Waals surface area contributed by atoms with Crippen molar-refractivity contribution >= 4 is 87.7 Å². The molecule has 0 spiro atoms. The van der Waals surface area contributed by atoms with Gasteiger partial charge in [0.1, 0.15) is 0 Å². The topological polar surface area (TPSA) is 0 Å². The van der Waals surface area contributed by atoms with Gasteiger partial charge in [0, 0.05) is 0 Å². The zero-order valence-electron chi connectivity index (χ0n) is 0.816. The molecule has 26 valence electrons. The summed E-state index contributed by atoms with van der Waals surface area (Å²) in [5, 5.41) is 0. The maximum atomic E-state index is 0. The Bertz CT molecular complexity index is 6.00. The van der Waals surface area contributed by atoms with E-state index < -0.39 is 0 Å². The molecule has 0 aromatic carbocycles. The summed E-state index contributed by atoms with van der Waals surface area (Å²) in [5.74, 6) is 0. The molecule has 0 N–H and O–H groups in total. The molecule has 0 atom stereocenters. The van der Waals surface area contributed by atoms with E-state index in [4.69, 9.17) is 0 Å². The Kier molecular flexibility index (Phi) is 135. The molecule has 0 unspecified atom stereocenters. The SMILES string of the molecule is Cl.Cl.[AlH3].[SrH2]. The molecule has 0 radical (unpaired) electrons. The van der Waals surface area contributed by atoms with Crippen molar-refractivity contribution in [1.29, 1.82) is 0 Å². The van der Waals surface area contributed by atoms with Gasteiger partial charge in [-0.3, -0.25) is 0 Å². The number of hydrogen-bond acceptors (Lipinski definition) is 0. The van der Waals surface area contributed by atoms with Crippen molar-refractivity contribution in [1.82, 2.24) is 0 Å². The van der Waals surface area contributed by atoms with E-state index in [0.717, 1.165) is 0 Å². The van der Waals surface area contributed by atoms with Crippen LogP contribution in [0, 0.1) is 0 Å². The molecule has 0 aliphatic rings. The Morgan fingerprint density at radius 1 is 0.750 bits per heavy atom. The molecule has 0 aromatic heterocycles. The van der Waals surface area contributed by atoms with E-state index in [-0.39, 0.29) is 87.7 Å². The first-order valence-electron chi connectivity index (χ1n) is 0. The van der Waals surface area contributed by atoms with Crippen molar-refractivity contribution in [3.8, 4) is 0 Å². The number of halogens is 2. The zero-order valence-corrected chi connectivity index (χ0v) is 2.45. The van der Waals surface area contributed by atoms with Gasteiger partial charge in [-0.25, -0.2) is 0 Å². The summed E-state index contributed by atoms with van der Waals surface area (Å²) in [5.41, 5.74) is 0. The van der Waals surface area contributed by atoms with Crippen molar-refractivity contribution in [2.75, 3.05) is 0 Å². The van der Waals surface area contributed by atoms with E-state index >= 15 is 0 Å². The van der Waals surface area contributed by atoms with Crippen LogP contribution in [0.3, 0.4) is 0 Å². The van der Waals surface area contributed by atoms with E-state index in [2.05, 4.69) is 0 Å². The third-order valence-corrected chi connectivity index (χ3v) is 0. The van der Waals surface area contributed by atoms with Gasteiger partial charge in [0.05, 0.1) is 0 Å². The maximum absolute atomic E-state index is 0. The van der Waals surface area contributed by atoms with Crippen LogP contribution in [-0.2, 0) is 0 Å². The molecule has 0 saturated heterocycles. The van der Waals surface area contributed by atoms with Gasteiger partial charge in [0.25, 0.3) is 0 Å².